The van der Waals surface area contributed by atoms with E-state index in [0.717, 1.165) is 11.3 Å². The van der Waals surface area contributed by atoms with E-state index >= 15 is 0 Å². The van der Waals surface area contributed by atoms with Crippen LogP contribution < -0.4 is 0 Å². The van der Waals surface area contributed by atoms with Crippen molar-refractivity contribution < 1.29 is 21.1 Å². The van der Waals surface area contributed by atoms with Crippen LogP contribution in [-0.2, 0) is 21.1 Å². The van der Waals surface area contributed by atoms with Crippen LogP contribution >= 0.6 is 11.3 Å². The van der Waals surface area contributed by atoms with Crippen LogP contribution in [0.5, 0.6) is 0 Å². The molecule has 0 amide bonds. The molecule has 15 heavy (non-hydrogen) atoms. The van der Waals surface area contributed by atoms with E-state index in [9.17, 15) is 0 Å². The average Bonchev–Trinajstić information content (AvgIpc) is 2.56. The first-order valence-electron chi connectivity index (χ1n) is 4.41. The van der Waals surface area contributed by atoms with Crippen LogP contribution in [0.15, 0.2) is 23.6 Å². The minimum absolute atomic E-state index is 0. The Morgan fingerprint density at radius 2 is 2.00 bits per heavy atom. The van der Waals surface area contributed by atoms with Crippen molar-refractivity contribution >= 4 is 16.5 Å². The van der Waals surface area contributed by atoms with Crippen molar-refractivity contribution in [1.82, 2.24) is 4.98 Å². The number of nitrogens with one attached hydrogen (secondary N) is 1. The molecule has 0 saturated carbocycles. The van der Waals surface area contributed by atoms with Gasteiger partial charge in [0.15, 0.2) is 0 Å². The number of nitrogens with zero attached hydrogens (tertiary/aromatic N) is 1. The number of hydrogen-bond acceptors (Lipinski definition) is 2. The van der Waals surface area contributed by atoms with Crippen molar-refractivity contribution in [2.75, 3.05) is 0 Å². The first-order chi connectivity index (χ1) is 6.66. The number of benzene rings is 1. The molecule has 0 aliphatic rings. The van der Waals surface area contributed by atoms with Crippen LogP contribution in [-0.4, -0.2) is 4.98 Å². The molecule has 2 nitrogen and oxygen atoms in total. The van der Waals surface area contributed by atoms with Gasteiger partial charge < -0.3 is 10.7 Å². The number of thiazole rings is 1. The monoisotopic (exact) mass is 387 g/mol. The molecular formula is C11H11N2SW-. The molecule has 0 radical (unpaired) electrons. The second-order valence-electron chi connectivity index (χ2n) is 3.36. The molecule has 0 unspecified atom stereocenters. The Labute approximate surface area is 108 Å². The maximum absolute atomic E-state index is 7.40. The Morgan fingerprint density at radius 1 is 1.27 bits per heavy atom. The number of aryl methyl sites for hydroxylation is 2. The van der Waals surface area contributed by atoms with Crippen molar-refractivity contribution in [3.63, 3.8) is 0 Å². The summed E-state index contributed by atoms with van der Waals surface area (Å²) in [5.74, 6) is 0. The molecule has 2 aromatic rings. The topological polar surface area (TPSA) is 36.7 Å². The van der Waals surface area contributed by atoms with Crippen molar-refractivity contribution in [2.45, 2.75) is 13.8 Å². The summed E-state index contributed by atoms with van der Waals surface area (Å²) in [6, 6.07) is 6.30. The SMILES string of the molecule is Cc1ccc(C)c(-c2csc([NH-])n2)c1.[W]. The molecule has 0 aliphatic heterocycles. The number of rotatable bonds is 1. The van der Waals surface area contributed by atoms with Gasteiger partial charge in [-0.3, -0.25) is 0 Å². The summed E-state index contributed by atoms with van der Waals surface area (Å²) < 4.78 is 0. The number of hydrogen-bond donors (Lipinski definition) is 0. The molecular weight excluding hydrogens is 376 g/mol. The van der Waals surface area contributed by atoms with Crippen molar-refractivity contribution in [3.05, 3.63) is 40.4 Å². The standard InChI is InChI=1S/C11H11N2S.W/c1-7-3-4-8(2)9(5-7)10-6-14-11(12)13-10;/h3-6H,1-2H3,(H-,12,13);/q-1;. The van der Waals surface area contributed by atoms with E-state index in [-0.39, 0.29) is 21.1 Å². The Morgan fingerprint density at radius 3 is 2.60 bits per heavy atom. The van der Waals surface area contributed by atoms with Gasteiger partial charge in [-0.15, -0.1) is 0 Å². The van der Waals surface area contributed by atoms with Gasteiger partial charge >= 0.3 is 0 Å². The minimum Gasteiger partial charge on any atom is -0.473 e. The quantitative estimate of drug-likeness (QED) is 0.726. The third-order valence-electron chi connectivity index (χ3n) is 2.17. The van der Waals surface area contributed by atoms with E-state index in [2.05, 4.69) is 37.0 Å². The molecule has 0 spiro atoms. The first-order valence-corrected chi connectivity index (χ1v) is 5.29. The van der Waals surface area contributed by atoms with E-state index in [4.69, 9.17) is 5.73 Å². The molecule has 1 aromatic carbocycles. The Balaban J connectivity index is 0.00000112. The smallest absolute Gasteiger partial charge is 0 e. The van der Waals surface area contributed by atoms with Gasteiger partial charge in [0, 0.05) is 21.1 Å². The molecule has 1 heterocycles. The summed E-state index contributed by atoms with van der Waals surface area (Å²) in [6.45, 7) is 4.13. The second kappa shape index (κ2) is 4.91. The zero-order valence-electron chi connectivity index (χ0n) is 8.57. The Kier molecular flexibility index (Phi) is 4.06. The fourth-order valence-corrected chi connectivity index (χ4v) is 1.96. The maximum atomic E-state index is 7.40. The summed E-state index contributed by atoms with van der Waals surface area (Å²) in [5, 5.41) is 2.31. The van der Waals surface area contributed by atoms with Gasteiger partial charge in [0.05, 0.1) is 0 Å². The van der Waals surface area contributed by atoms with Crippen LogP contribution in [0.4, 0.5) is 5.13 Å². The molecule has 0 saturated heterocycles. The van der Waals surface area contributed by atoms with Crippen molar-refractivity contribution in [2.24, 2.45) is 0 Å². The van der Waals surface area contributed by atoms with Crippen LogP contribution in [0.25, 0.3) is 17.0 Å². The summed E-state index contributed by atoms with van der Waals surface area (Å²) in [5.41, 5.74) is 11.9. The van der Waals surface area contributed by atoms with E-state index in [1.165, 1.54) is 22.5 Å². The predicted octanol–water partition coefficient (Wildman–Crippen LogP) is 4.11. The summed E-state index contributed by atoms with van der Waals surface area (Å²) in [7, 11) is 0. The summed E-state index contributed by atoms with van der Waals surface area (Å²) in [6.07, 6.45) is 0. The van der Waals surface area contributed by atoms with Crippen molar-refractivity contribution in [3.8, 4) is 11.3 Å². The second-order valence-corrected chi connectivity index (χ2v) is 4.21. The van der Waals surface area contributed by atoms with Gasteiger partial charge in [-0.25, -0.2) is 0 Å². The molecule has 0 fully saturated rings. The van der Waals surface area contributed by atoms with E-state index in [1.807, 2.05) is 5.38 Å². The number of aromatic nitrogens is 1. The third kappa shape index (κ3) is 2.67. The fourth-order valence-electron chi connectivity index (χ4n) is 1.41. The van der Waals surface area contributed by atoms with Crippen LogP contribution in [0, 0.1) is 13.8 Å². The molecule has 78 valence electrons. The third-order valence-corrected chi connectivity index (χ3v) is 2.83. The summed E-state index contributed by atoms with van der Waals surface area (Å²) in [4.78, 5) is 4.17. The molecule has 0 bridgehead atoms. The van der Waals surface area contributed by atoms with E-state index in [0.29, 0.717) is 5.13 Å². The van der Waals surface area contributed by atoms with E-state index in [1.54, 1.807) is 0 Å². The Hall–Kier alpha value is -0.662. The van der Waals surface area contributed by atoms with Crippen LogP contribution in [0.2, 0.25) is 0 Å². The molecule has 4 heteroatoms. The zero-order valence-corrected chi connectivity index (χ0v) is 12.3. The molecule has 1 N–H and O–H groups in total. The zero-order chi connectivity index (χ0) is 10.1. The normalized spacial score (nSPS) is 9.73. The van der Waals surface area contributed by atoms with Crippen LogP contribution in [0.3, 0.4) is 0 Å². The molecule has 2 rings (SSSR count). The average molecular weight is 387 g/mol. The maximum Gasteiger partial charge on any atom is 0 e. The van der Waals surface area contributed by atoms with Crippen molar-refractivity contribution in [1.29, 1.82) is 0 Å². The predicted molar refractivity (Wildman–Crippen MR) is 61.0 cm³/mol. The van der Waals surface area contributed by atoms with Gasteiger partial charge in [0.2, 0.25) is 0 Å². The van der Waals surface area contributed by atoms with Crippen LogP contribution in [0.1, 0.15) is 11.1 Å². The molecule has 0 aliphatic carbocycles. The van der Waals surface area contributed by atoms with E-state index < -0.39 is 0 Å². The van der Waals surface area contributed by atoms with Gasteiger partial charge in [0.25, 0.3) is 0 Å². The van der Waals surface area contributed by atoms with Gasteiger partial charge in [-0.2, -0.15) is 11.3 Å². The Bertz CT molecular complexity index is 465. The first kappa shape index (κ1) is 12.4. The fraction of sp³-hybridized carbons (Fsp3) is 0.182. The largest absolute Gasteiger partial charge is 0.473 e. The van der Waals surface area contributed by atoms with Gasteiger partial charge in [0.1, 0.15) is 0 Å². The van der Waals surface area contributed by atoms with Gasteiger partial charge in [-0.05, 0) is 41.2 Å². The molecule has 1 aromatic heterocycles. The minimum atomic E-state index is 0. The summed E-state index contributed by atoms with van der Waals surface area (Å²) >= 11 is 1.37. The molecule has 0 atom stereocenters. The van der Waals surface area contributed by atoms with Gasteiger partial charge in [-0.1, -0.05) is 23.8 Å².